The summed E-state index contributed by atoms with van der Waals surface area (Å²) in [6.07, 6.45) is 1.54. The molecular weight excluding hydrogens is 318 g/mol. The maximum atomic E-state index is 11.8. The second kappa shape index (κ2) is 6.38. The first-order valence-electron chi connectivity index (χ1n) is 8.32. The van der Waals surface area contributed by atoms with Gasteiger partial charge in [0.2, 0.25) is 0 Å². The van der Waals surface area contributed by atoms with Crippen molar-refractivity contribution >= 4 is 28.0 Å². The first-order chi connectivity index (χ1) is 10.5. The monoisotopic (exact) mass is 347 g/mol. The molecule has 126 valence electrons. The topological polar surface area (TPSA) is 40.5 Å². The van der Waals surface area contributed by atoms with Gasteiger partial charge in [0.25, 0.3) is 0 Å². The maximum absolute atomic E-state index is 11.8. The van der Waals surface area contributed by atoms with Gasteiger partial charge in [0, 0.05) is 11.6 Å². The van der Waals surface area contributed by atoms with Crippen LogP contribution >= 0.6 is 0 Å². The number of hydrogen-bond donors (Lipinski definition) is 1. The van der Waals surface area contributed by atoms with E-state index in [1.165, 1.54) is 0 Å². The van der Waals surface area contributed by atoms with Crippen molar-refractivity contribution in [1.82, 2.24) is 4.23 Å². The second-order valence-corrected chi connectivity index (χ2v) is 18.5. The summed E-state index contributed by atoms with van der Waals surface area (Å²) in [7, 11) is -3.01. The van der Waals surface area contributed by atoms with E-state index in [0.29, 0.717) is 18.0 Å². The molecule has 0 saturated carbocycles. The van der Waals surface area contributed by atoms with Crippen LogP contribution in [-0.2, 0) is 4.79 Å². The predicted octanol–water partition coefficient (Wildman–Crippen LogP) is 4.66. The third-order valence-corrected chi connectivity index (χ3v) is 12.1. The first kappa shape index (κ1) is 18.2. The summed E-state index contributed by atoms with van der Waals surface area (Å²) in [6, 6.07) is 10.4. The number of nitrogens with zero attached hydrogens (tertiary/aromatic N) is 1. The Morgan fingerprint density at radius 2 is 1.52 bits per heavy atom. The Labute approximate surface area is 142 Å². The summed E-state index contributed by atoms with van der Waals surface area (Å²) in [6.45, 7) is 14.3. The lowest BCUT2D eigenvalue weighted by Crippen LogP contribution is -2.62. The van der Waals surface area contributed by atoms with Crippen molar-refractivity contribution in [3.05, 3.63) is 41.5 Å². The first-order valence-corrected chi connectivity index (χ1v) is 15.2. The summed E-state index contributed by atoms with van der Waals surface area (Å²) < 4.78 is 2.75. The van der Waals surface area contributed by atoms with E-state index < -0.39 is 22.4 Å². The summed E-state index contributed by atoms with van der Waals surface area (Å²) in [5, 5.41) is 9.70. The van der Waals surface area contributed by atoms with Gasteiger partial charge < -0.3 is 9.34 Å². The molecule has 0 aliphatic heterocycles. The Hall–Kier alpha value is -1.18. The van der Waals surface area contributed by atoms with Gasteiger partial charge in [-0.1, -0.05) is 69.6 Å². The standard InChI is InChI=1S/C18H29NO2Si2/c1-22(2,3)19(23(4,5)6)15-12-16(17(13-15)18(20)21)14-10-8-7-9-11-14/h7-11,15H,12-13H2,1-6H3,(H,20,21). The van der Waals surface area contributed by atoms with Crippen LogP contribution in [0.5, 0.6) is 0 Å². The highest BCUT2D eigenvalue weighted by atomic mass is 28.4. The summed E-state index contributed by atoms with van der Waals surface area (Å²) in [4.78, 5) is 11.8. The van der Waals surface area contributed by atoms with Gasteiger partial charge in [0.05, 0.1) is 0 Å². The molecule has 1 atom stereocenters. The van der Waals surface area contributed by atoms with Crippen molar-refractivity contribution in [2.24, 2.45) is 0 Å². The number of hydrogen-bond acceptors (Lipinski definition) is 2. The Morgan fingerprint density at radius 3 is 1.96 bits per heavy atom. The van der Waals surface area contributed by atoms with Crippen LogP contribution in [0.1, 0.15) is 18.4 Å². The van der Waals surface area contributed by atoms with Crippen LogP contribution in [0.25, 0.3) is 5.57 Å². The molecule has 1 N–H and O–H groups in total. The third kappa shape index (κ3) is 4.02. The zero-order valence-electron chi connectivity index (χ0n) is 15.2. The van der Waals surface area contributed by atoms with Gasteiger partial charge in [0.15, 0.2) is 0 Å². The van der Waals surface area contributed by atoms with Gasteiger partial charge >= 0.3 is 5.97 Å². The van der Waals surface area contributed by atoms with E-state index in [9.17, 15) is 9.90 Å². The van der Waals surface area contributed by atoms with E-state index in [1.807, 2.05) is 30.3 Å². The molecule has 0 bridgehead atoms. The molecule has 1 aliphatic carbocycles. The molecule has 0 saturated heterocycles. The molecule has 5 heteroatoms. The quantitative estimate of drug-likeness (QED) is 0.788. The average Bonchev–Trinajstić information content (AvgIpc) is 2.81. The van der Waals surface area contributed by atoms with Gasteiger partial charge in [-0.05, 0) is 24.0 Å². The van der Waals surface area contributed by atoms with Crippen LogP contribution in [0, 0.1) is 0 Å². The Morgan fingerprint density at radius 1 is 1.00 bits per heavy atom. The number of benzene rings is 1. The molecule has 1 unspecified atom stereocenters. The molecule has 0 spiro atoms. The Balaban J connectivity index is 2.40. The van der Waals surface area contributed by atoms with E-state index >= 15 is 0 Å². The highest BCUT2D eigenvalue weighted by Gasteiger charge is 2.43. The minimum Gasteiger partial charge on any atom is -0.478 e. The summed E-state index contributed by atoms with van der Waals surface area (Å²) in [5.74, 6) is -0.752. The number of carboxylic acids is 1. The minimum absolute atomic E-state index is 0.342. The van der Waals surface area contributed by atoms with Crippen molar-refractivity contribution in [2.75, 3.05) is 0 Å². The molecular formula is C18H29NO2Si2. The van der Waals surface area contributed by atoms with Crippen LogP contribution in [0.4, 0.5) is 0 Å². The van der Waals surface area contributed by atoms with E-state index in [-0.39, 0.29) is 0 Å². The fourth-order valence-electron chi connectivity index (χ4n) is 4.22. The lowest BCUT2D eigenvalue weighted by atomic mass is 10.0. The molecule has 0 aromatic heterocycles. The lowest BCUT2D eigenvalue weighted by Gasteiger charge is -2.48. The maximum Gasteiger partial charge on any atom is 0.331 e. The molecule has 1 aromatic carbocycles. The van der Waals surface area contributed by atoms with Crippen molar-refractivity contribution in [1.29, 1.82) is 0 Å². The minimum atomic E-state index is -1.51. The lowest BCUT2D eigenvalue weighted by molar-refractivity contribution is -0.132. The molecule has 1 aliphatic rings. The van der Waals surface area contributed by atoms with E-state index in [2.05, 4.69) is 43.5 Å². The summed E-state index contributed by atoms with van der Waals surface area (Å²) in [5.41, 5.74) is 2.71. The fraction of sp³-hybridized carbons (Fsp3) is 0.500. The zero-order valence-corrected chi connectivity index (χ0v) is 17.2. The molecule has 0 amide bonds. The predicted molar refractivity (Wildman–Crippen MR) is 103 cm³/mol. The Bertz CT molecular complexity index is 598. The smallest absolute Gasteiger partial charge is 0.331 e. The van der Waals surface area contributed by atoms with Crippen molar-refractivity contribution < 1.29 is 9.90 Å². The van der Waals surface area contributed by atoms with Gasteiger partial charge in [0.1, 0.15) is 16.5 Å². The second-order valence-electron chi connectivity index (χ2n) is 8.40. The molecule has 0 radical (unpaired) electrons. The Kier molecular flexibility index (Phi) is 5.04. The van der Waals surface area contributed by atoms with Crippen molar-refractivity contribution in [2.45, 2.75) is 58.2 Å². The molecule has 3 nitrogen and oxygen atoms in total. The van der Waals surface area contributed by atoms with Crippen molar-refractivity contribution in [3.63, 3.8) is 0 Å². The number of carbonyl (C=O) groups is 1. The molecule has 23 heavy (non-hydrogen) atoms. The van der Waals surface area contributed by atoms with Gasteiger partial charge in [-0.3, -0.25) is 0 Å². The molecule has 0 heterocycles. The fourth-order valence-corrected chi connectivity index (χ4v) is 14.8. The number of carboxylic acid groups (broad SMARTS) is 1. The number of rotatable bonds is 5. The van der Waals surface area contributed by atoms with Crippen LogP contribution in [0.2, 0.25) is 39.3 Å². The molecule has 0 fully saturated rings. The molecule has 1 aromatic rings. The average molecular weight is 348 g/mol. The van der Waals surface area contributed by atoms with Crippen LogP contribution in [0.3, 0.4) is 0 Å². The van der Waals surface area contributed by atoms with Gasteiger partial charge in [-0.2, -0.15) is 0 Å². The highest BCUT2D eigenvalue weighted by molar-refractivity contribution is 6.89. The molecule has 2 rings (SSSR count). The van der Waals surface area contributed by atoms with Crippen molar-refractivity contribution in [3.8, 4) is 0 Å². The van der Waals surface area contributed by atoms with Crippen LogP contribution in [-0.4, -0.2) is 37.8 Å². The van der Waals surface area contributed by atoms with E-state index in [4.69, 9.17) is 0 Å². The summed E-state index contributed by atoms with van der Waals surface area (Å²) >= 11 is 0. The van der Waals surface area contributed by atoms with Crippen LogP contribution < -0.4 is 0 Å². The SMILES string of the molecule is C[Si](C)(C)N(C1CC(C(=O)O)=C(c2ccccc2)C1)[Si](C)(C)C. The van der Waals surface area contributed by atoms with Gasteiger partial charge in [-0.15, -0.1) is 0 Å². The largest absolute Gasteiger partial charge is 0.478 e. The zero-order chi connectivity index (χ0) is 17.4. The van der Waals surface area contributed by atoms with E-state index in [1.54, 1.807) is 0 Å². The third-order valence-electron chi connectivity index (χ3n) is 4.43. The van der Waals surface area contributed by atoms with Gasteiger partial charge in [-0.25, -0.2) is 4.79 Å². The van der Waals surface area contributed by atoms with Crippen LogP contribution in [0.15, 0.2) is 35.9 Å². The number of aliphatic carboxylic acids is 1. The normalized spacial score (nSPS) is 19.5. The highest BCUT2D eigenvalue weighted by Crippen LogP contribution is 2.40. The van der Waals surface area contributed by atoms with E-state index in [0.717, 1.165) is 17.6 Å².